The van der Waals surface area contributed by atoms with Crippen LogP contribution in [0.2, 0.25) is 0 Å². The predicted octanol–water partition coefficient (Wildman–Crippen LogP) is 4.69. The van der Waals surface area contributed by atoms with E-state index in [4.69, 9.17) is 18.9 Å². The third-order valence-corrected chi connectivity index (χ3v) is 9.37. The van der Waals surface area contributed by atoms with Crippen molar-refractivity contribution < 1.29 is 38.4 Å². The van der Waals surface area contributed by atoms with Crippen LogP contribution in [-0.2, 0) is 33.3 Å². The minimum Gasteiger partial charge on any atom is -0.462 e. The summed E-state index contributed by atoms with van der Waals surface area (Å²) in [7, 11) is 0. The molecule has 37 heavy (non-hydrogen) atoms. The summed E-state index contributed by atoms with van der Waals surface area (Å²) in [5, 5.41) is 11.8. The van der Waals surface area contributed by atoms with Crippen molar-refractivity contribution >= 4 is 17.9 Å². The highest BCUT2D eigenvalue weighted by atomic mass is 16.8. The zero-order valence-corrected chi connectivity index (χ0v) is 23.3. The molecule has 1 N–H and O–H groups in total. The molecule has 1 spiro atoms. The number of aliphatic hydroxyl groups excluding tert-OH is 1. The molecule has 3 rings (SSSR count). The first-order valence-electron chi connectivity index (χ1n) is 13.5. The van der Waals surface area contributed by atoms with Gasteiger partial charge in [-0.05, 0) is 56.3 Å². The van der Waals surface area contributed by atoms with Crippen LogP contribution in [0.15, 0.2) is 24.3 Å². The standard InChI is InChI=1S/C29H44O8/c1-9-16(3)11-12-28(8)18(5)13-24(32)29-22(26(34-19(6)30)37-27(29)35-20(7)31)14-21(15-23(28)29)36-25(33)17(4)10-2/h9,11,17-18,21-24,26-27,32H,1,10,12-15H2,2-8H3/b16-11+/t17?,18-,21+,22+,23-,24-,26-,27+,28+,29-/m0/s1. The molecule has 3 aliphatic rings. The van der Waals surface area contributed by atoms with Crippen molar-refractivity contribution in [2.24, 2.45) is 34.5 Å². The molecule has 0 amide bonds. The summed E-state index contributed by atoms with van der Waals surface area (Å²) in [5.74, 6) is -2.28. The van der Waals surface area contributed by atoms with Gasteiger partial charge in [-0.25, -0.2) is 0 Å². The van der Waals surface area contributed by atoms with Crippen molar-refractivity contribution in [2.75, 3.05) is 0 Å². The lowest BCUT2D eigenvalue weighted by Crippen LogP contribution is -2.66. The maximum Gasteiger partial charge on any atom is 0.308 e. The summed E-state index contributed by atoms with van der Waals surface area (Å²) < 4.78 is 23.5. The van der Waals surface area contributed by atoms with Crippen molar-refractivity contribution in [3.8, 4) is 0 Å². The van der Waals surface area contributed by atoms with E-state index >= 15 is 0 Å². The van der Waals surface area contributed by atoms with Crippen LogP contribution in [-0.4, -0.2) is 47.8 Å². The van der Waals surface area contributed by atoms with Crippen LogP contribution in [0.4, 0.5) is 0 Å². The molecule has 1 saturated heterocycles. The first kappa shape index (κ1) is 29.4. The molecule has 0 radical (unpaired) electrons. The third kappa shape index (κ3) is 5.37. The fourth-order valence-corrected chi connectivity index (χ4v) is 6.86. The van der Waals surface area contributed by atoms with E-state index in [0.717, 1.165) is 5.57 Å². The van der Waals surface area contributed by atoms with Crippen LogP contribution in [0, 0.1) is 34.5 Å². The predicted molar refractivity (Wildman–Crippen MR) is 137 cm³/mol. The van der Waals surface area contributed by atoms with Crippen LogP contribution in [0.3, 0.4) is 0 Å². The largest absolute Gasteiger partial charge is 0.462 e. The van der Waals surface area contributed by atoms with E-state index in [0.29, 0.717) is 32.1 Å². The van der Waals surface area contributed by atoms with Gasteiger partial charge in [-0.3, -0.25) is 14.4 Å². The summed E-state index contributed by atoms with van der Waals surface area (Å²) in [5.41, 5.74) is -0.351. The molecule has 0 aromatic carbocycles. The van der Waals surface area contributed by atoms with E-state index in [1.807, 2.05) is 20.8 Å². The van der Waals surface area contributed by atoms with Crippen LogP contribution in [0.1, 0.15) is 80.6 Å². The van der Waals surface area contributed by atoms with E-state index in [-0.39, 0.29) is 29.1 Å². The Balaban J connectivity index is 2.16. The van der Waals surface area contributed by atoms with E-state index in [1.165, 1.54) is 13.8 Å². The Hall–Kier alpha value is -2.19. The molecule has 8 heteroatoms. The molecule has 2 aliphatic carbocycles. The Morgan fingerprint density at radius 3 is 2.32 bits per heavy atom. The van der Waals surface area contributed by atoms with Gasteiger partial charge in [0.25, 0.3) is 0 Å². The van der Waals surface area contributed by atoms with E-state index in [2.05, 4.69) is 26.5 Å². The minimum atomic E-state index is -1.10. The Kier molecular flexibility index (Phi) is 8.95. The summed E-state index contributed by atoms with van der Waals surface area (Å²) in [6.07, 6.45) is 3.12. The molecule has 2 saturated carbocycles. The first-order chi connectivity index (χ1) is 17.3. The molecule has 0 aromatic heterocycles. The number of rotatable bonds is 8. The van der Waals surface area contributed by atoms with Crippen molar-refractivity contribution in [1.29, 1.82) is 0 Å². The van der Waals surface area contributed by atoms with Crippen LogP contribution in [0.5, 0.6) is 0 Å². The average molecular weight is 521 g/mol. The fraction of sp³-hybridized carbons (Fsp3) is 0.759. The van der Waals surface area contributed by atoms with Gasteiger partial charge in [0.1, 0.15) is 6.10 Å². The van der Waals surface area contributed by atoms with Crippen molar-refractivity contribution in [2.45, 2.75) is 105 Å². The smallest absolute Gasteiger partial charge is 0.308 e. The Labute approximate surface area is 220 Å². The normalized spacial score (nSPS) is 40.1. The third-order valence-electron chi connectivity index (χ3n) is 9.37. The topological polar surface area (TPSA) is 108 Å². The van der Waals surface area contributed by atoms with Gasteiger partial charge < -0.3 is 24.1 Å². The van der Waals surface area contributed by atoms with Gasteiger partial charge in [0.15, 0.2) is 0 Å². The monoisotopic (exact) mass is 520 g/mol. The number of carbonyl (C=O) groups excluding carboxylic acids is 3. The highest BCUT2D eigenvalue weighted by Gasteiger charge is 2.73. The molecule has 208 valence electrons. The number of ether oxygens (including phenoxy) is 4. The highest BCUT2D eigenvalue weighted by molar-refractivity contribution is 5.72. The number of allylic oxidation sites excluding steroid dienone is 3. The van der Waals surface area contributed by atoms with Crippen molar-refractivity contribution in [1.82, 2.24) is 0 Å². The zero-order chi connectivity index (χ0) is 27.7. The van der Waals surface area contributed by atoms with Gasteiger partial charge in [0, 0.05) is 19.8 Å². The molecule has 10 atom stereocenters. The fourth-order valence-electron chi connectivity index (χ4n) is 6.86. The molecular formula is C29H44O8. The van der Waals surface area contributed by atoms with Gasteiger partial charge in [0.05, 0.1) is 17.4 Å². The second-order valence-corrected chi connectivity index (χ2v) is 11.6. The van der Waals surface area contributed by atoms with Crippen LogP contribution >= 0.6 is 0 Å². The molecule has 1 aliphatic heterocycles. The van der Waals surface area contributed by atoms with Gasteiger partial charge in [-0.2, -0.15) is 0 Å². The van der Waals surface area contributed by atoms with E-state index < -0.39 is 48.1 Å². The molecule has 1 heterocycles. The maximum absolute atomic E-state index is 12.8. The van der Waals surface area contributed by atoms with Gasteiger partial charge >= 0.3 is 17.9 Å². The summed E-state index contributed by atoms with van der Waals surface area (Å²) in [6.45, 7) is 16.5. The number of carbonyl (C=O) groups is 3. The highest BCUT2D eigenvalue weighted by Crippen LogP contribution is 2.68. The minimum absolute atomic E-state index is 0.0995. The first-order valence-corrected chi connectivity index (χ1v) is 13.5. The lowest BCUT2D eigenvalue weighted by Gasteiger charge is -2.62. The Morgan fingerprint density at radius 1 is 1.11 bits per heavy atom. The summed E-state index contributed by atoms with van der Waals surface area (Å²) in [6, 6.07) is 0. The molecule has 0 bridgehead atoms. The summed E-state index contributed by atoms with van der Waals surface area (Å²) >= 11 is 0. The zero-order valence-electron chi connectivity index (χ0n) is 23.3. The van der Waals surface area contributed by atoms with E-state index in [1.54, 1.807) is 6.08 Å². The second-order valence-electron chi connectivity index (χ2n) is 11.6. The maximum atomic E-state index is 12.8. The molecule has 0 aromatic rings. The van der Waals surface area contributed by atoms with Gasteiger partial charge in [-0.15, -0.1) is 0 Å². The molecule has 8 nitrogen and oxygen atoms in total. The quantitative estimate of drug-likeness (QED) is 0.279. The number of hydrogen-bond donors (Lipinski definition) is 1. The number of esters is 3. The van der Waals surface area contributed by atoms with E-state index in [9.17, 15) is 19.5 Å². The van der Waals surface area contributed by atoms with Crippen LogP contribution < -0.4 is 0 Å². The lowest BCUT2D eigenvalue weighted by atomic mass is 9.43. The second kappa shape index (κ2) is 11.3. The number of hydrogen-bond acceptors (Lipinski definition) is 8. The molecule has 3 fully saturated rings. The molecule has 1 unspecified atom stereocenters. The van der Waals surface area contributed by atoms with Crippen molar-refractivity contribution in [3.63, 3.8) is 0 Å². The Bertz CT molecular complexity index is 927. The summed E-state index contributed by atoms with van der Waals surface area (Å²) in [4.78, 5) is 37.1. The average Bonchev–Trinajstić information content (AvgIpc) is 3.12. The van der Waals surface area contributed by atoms with Crippen LogP contribution in [0.25, 0.3) is 0 Å². The van der Waals surface area contributed by atoms with Gasteiger partial charge in [-0.1, -0.05) is 52.0 Å². The molecular weight excluding hydrogens is 476 g/mol. The Morgan fingerprint density at radius 2 is 1.76 bits per heavy atom. The van der Waals surface area contributed by atoms with Crippen molar-refractivity contribution in [3.05, 3.63) is 24.3 Å². The lowest BCUT2D eigenvalue weighted by molar-refractivity contribution is -0.264. The SMILES string of the molecule is C=C/C(C)=C/C[C@]1(C)[C@@H](C)C[C@H](O)[C@]23[C@H](OC(C)=O)O[C@H](OC(C)=O)[C@H]2C[C@@H](OC(=O)C(C)CC)C[C@@H]13. The number of aliphatic hydroxyl groups is 1. The van der Waals surface area contributed by atoms with Gasteiger partial charge in [0.2, 0.25) is 12.6 Å².